The van der Waals surface area contributed by atoms with Crippen molar-refractivity contribution in [2.24, 2.45) is 5.73 Å². The molecule has 0 fully saturated rings. The molecular formula is C11H15N3O. The van der Waals surface area contributed by atoms with Gasteiger partial charge in [0.25, 0.3) is 0 Å². The lowest BCUT2D eigenvalue weighted by Gasteiger charge is -2.05. The van der Waals surface area contributed by atoms with Crippen LogP contribution in [0.3, 0.4) is 0 Å². The Bertz CT molecular complexity index is 405. The first-order valence-electron chi connectivity index (χ1n) is 5.10. The van der Waals surface area contributed by atoms with Crippen LogP contribution in [0.4, 0.5) is 0 Å². The number of rotatable bonds is 4. The summed E-state index contributed by atoms with van der Waals surface area (Å²) >= 11 is 0. The summed E-state index contributed by atoms with van der Waals surface area (Å²) in [5.41, 5.74) is 7.13. The molecule has 0 aliphatic rings. The predicted octanol–water partition coefficient (Wildman–Crippen LogP) is 1.74. The lowest BCUT2D eigenvalue weighted by molar-refractivity contribution is 0.464. The fraction of sp³-hybridized carbons (Fsp3) is 0.364. The summed E-state index contributed by atoms with van der Waals surface area (Å²) in [5, 5.41) is 4.20. The maximum Gasteiger partial charge on any atom is 0.120 e. The van der Waals surface area contributed by atoms with E-state index in [9.17, 15) is 0 Å². The van der Waals surface area contributed by atoms with Gasteiger partial charge in [0.05, 0.1) is 18.5 Å². The molecule has 1 atom stereocenters. The Hall–Kier alpha value is -1.55. The van der Waals surface area contributed by atoms with Crippen LogP contribution in [-0.4, -0.2) is 9.78 Å². The van der Waals surface area contributed by atoms with E-state index in [4.69, 9.17) is 10.2 Å². The molecule has 80 valence electrons. The highest BCUT2D eigenvalue weighted by Gasteiger charge is 2.10. The van der Waals surface area contributed by atoms with Crippen LogP contribution in [0, 0.1) is 0 Å². The molecule has 0 amide bonds. The van der Waals surface area contributed by atoms with Crippen molar-refractivity contribution in [1.82, 2.24) is 9.78 Å². The summed E-state index contributed by atoms with van der Waals surface area (Å²) in [6, 6.07) is 3.66. The van der Waals surface area contributed by atoms with Gasteiger partial charge in [0.1, 0.15) is 5.76 Å². The summed E-state index contributed by atoms with van der Waals surface area (Å²) in [6.07, 6.45) is 6.27. The first-order valence-corrected chi connectivity index (χ1v) is 5.10. The number of hydrogen-bond donors (Lipinski definition) is 1. The van der Waals surface area contributed by atoms with Gasteiger partial charge in [-0.15, -0.1) is 0 Å². The Morgan fingerprint density at radius 1 is 1.60 bits per heavy atom. The van der Waals surface area contributed by atoms with Gasteiger partial charge in [0.2, 0.25) is 0 Å². The van der Waals surface area contributed by atoms with Crippen LogP contribution in [0.25, 0.3) is 0 Å². The van der Waals surface area contributed by atoms with Gasteiger partial charge in [0.15, 0.2) is 0 Å². The number of nitrogens with two attached hydrogens (primary N) is 1. The van der Waals surface area contributed by atoms with Crippen LogP contribution in [0.1, 0.15) is 24.3 Å². The van der Waals surface area contributed by atoms with Gasteiger partial charge in [-0.3, -0.25) is 4.68 Å². The first-order chi connectivity index (χ1) is 7.29. The normalized spacial score (nSPS) is 12.9. The second-order valence-electron chi connectivity index (χ2n) is 3.53. The molecule has 0 saturated carbocycles. The van der Waals surface area contributed by atoms with Crippen LogP contribution in [0.2, 0.25) is 0 Å². The van der Waals surface area contributed by atoms with Crippen molar-refractivity contribution >= 4 is 0 Å². The number of hydrogen-bond acceptors (Lipinski definition) is 3. The second kappa shape index (κ2) is 4.31. The standard InChI is InChI=1S/C11H15N3O/c1-2-14-8-9(7-13-14)6-10(12)11-4-3-5-15-11/h3-5,7-8,10H,2,6,12H2,1H3. The third kappa shape index (κ3) is 2.27. The SMILES string of the molecule is CCn1cc(CC(N)c2ccco2)cn1. The molecule has 0 aromatic carbocycles. The van der Waals surface area contributed by atoms with Gasteiger partial charge in [-0.2, -0.15) is 5.10 Å². The summed E-state index contributed by atoms with van der Waals surface area (Å²) in [5.74, 6) is 0.819. The van der Waals surface area contributed by atoms with E-state index in [1.54, 1.807) is 6.26 Å². The third-order valence-corrected chi connectivity index (χ3v) is 2.37. The average molecular weight is 205 g/mol. The maximum absolute atomic E-state index is 5.99. The molecule has 2 rings (SSSR count). The van der Waals surface area contributed by atoms with Gasteiger partial charge in [-0.25, -0.2) is 0 Å². The van der Waals surface area contributed by atoms with Gasteiger partial charge in [-0.05, 0) is 31.0 Å². The lowest BCUT2D eigenvalue weighted by Crippen LogP contribution is -2.12. The molecule has 2 heterocycles. The zero-order chi connectivity index (χ0) is 10.7. The number of nitrogens with zero attached hydrogens (tertiary/aromatic N) is 2. The van der Waals surface area contributed by atoms with Gasteiger partial charge in [0, 0.05) is 12.7 Å². The van der Waals surface area contributed by atoms with Crippen LogP contribution < -0.4 is 5.73 Å². The van der Waals surface area contributed by atoms with Crippen molar-refractivity contribution in [2.75, 3.05) is 0 Å². The molecule has 4 heteroatoms. The average Bonchev–Trinajstić information content (AvgIpc) is 2.87. The van der Waals surface area contributed by atoms with Crippen molar-refractivity contribution < 1.29 is 4.42 Å². The molecule has 0 aliphatic carbocycles. The Balaban J connectivity index is 2.02. The van der Waals surface area contributed by atoms with E-state index in [1.165, 1.54) is 0 Å². The molecule has 0 bridgehead atoms. The summed E-state index contributed by atoms with van der Waals surface area (Å²) in [4.78, 5) is 0. The van der Waals surface area contributed by atoms with Gasteiger partial charge >= 0.3 is 0 Å². The minimum atomic E-state index is -0.0884. The third-order valence-electron chi connectivity index (χ3n) is 2.37. The topological polar surface area (TPSA) is 57.0 Å². The smallest absolute Gasteiger partial charge is 0.120 e. The van der Waals surface area contributed by atoms with E-state index in [0.717, 1.165) is 24.3 Å². The minimum Gasteiger partial charge on any atom is -0.468 e. The van der Waals surface area contributed by atoms with Crippen molar-refractivity contribution in [3.8, 4) is 0 Å². The van der Waals surface area contributed by atoms with E-state index in [0.29, 0.717) is 0 Å². The van der Waals surface area contributed by atoms with Crippen LogP contribution in [0.5, 0.6) is 0 Å². The number of aromatic nitrogens is 2. The van der Waals surface area contributed by atoms with Crippen LogP contribution >= 0.6 is 0 Å². The summed E-state index contributed by atoms with van der Waals surface area (Å²) in [6.45, 7) is 2.94. The zero-order valence-electron chi connectivity index (χ0n) is 8.76. The molecule has 2 N–H and O–H groups in total. The van der Waals surface area contributed by atoms with Gasteiger partial charge < -0.3 is 10.2 Å². The van der Waals surface area contributed by atoms with Gasteiger partial charge in [-0.1, -0.05) is 0 Å². The first kappa shape index (κ1) is 9.98. The van der Waals surface area contributed by atoms with Crippen molar-refractivity contribution in [3.05, 3.63) is 42.1 Å². The molecule has 0 saturated heterocycles. The maximum atomic E-state index is 5.99. The largest absolute Gasteiger partial charge is 0.468 e. The Kier molecular flexibility index (Phi) is 2.87. The number of furan rings is 1. The Morgan fingerprint density at radius 2 is 2.47 bits per heavy atom. The highest BCUT2D eigenvalue weighted by Crippen LogP contribution is 2.15. The highest BCUT2D eigenvalue weighted by atomic mass is 16.3. The quantitative estimate of drug-likeness (QED) is 0.827. The number of aryl methyl sites for hydroxylation is 1. The highest BCUT2D eigenvalue weighted by molar-refractivity contribution is 5.11. The van der Waals surface area contributed by atoms with Crippen molar-refractivity contribution in [2.45, 2.75) is 25.9 Å². The summed E-state index contributed by atoms with van der Waals surface area (Å²) < 4.78 is 7.14. The molecule has 2 aromatic rings. The van der Waals surface area contributed by atoms with E-state index in [2.05, 4.69) is 12.0 Å². The van der Waals surface area contributed by atoms with Crippen molar-refractivity contribution in [3.63, 3.8) is 0 Å². The Morgan fingerprint density at radius 3 is 3.07 bits per heavy atom. The molecule has 0 radical (unpaired) electrons. The minimum absolute atomic E-state index is 0.0884. The van der Waals surface area contributed by atoms with E-state index < -0.39 is 0 Å². The molecule has 2 aromatic heterocycles. The van der Waals surface area contributed by atoms with Crippen molar-refractivity contribution in [1.29, 1.82) is 0 Å². The monoisotopic (exact) mass is 205 g/mol. The molecule has 1 unspecified atom stereocenters. The zero-order valence-corrected chi connectivity index (χ0v) is 8.76. The molecule has 0 aliphatic heterocycles. The van der Waals surface area contributed by atoms with E-state index in [-0.39, 0.29) is 6.04 Å². The molecule has 15 heavy (non-hydrogen) atoms. The summed E-state index contributed by atoms with van der Waals surface area (Å²) in [7, 11) is 0. The fourth-order valence-electron chi connectivity index (χ4n) is 1.54. The predicted molar refractivity (Wildman–Crippen MR) is 57.2 cm³/mol. The fourth-order valence-corrected chi connectivity index (χ4v) is 1.54. The Labute approximate surface area is 88.7 Å². The molecule has 0 spiro atoms. The van der Waals surface area contributed by atoms with Crippen LogP contribution in [0.15, 0.2) is 35.2 Å². The second-order valence-corrected chi connectivity index (χ2v) is 3.53. The van der Waals surface area contributed by atoms with Crippen LogP contribution in [-0.2, 0) is 13.0 Å². The lowest BCUT2D eigenvalue weighted by atomic mass is 10.1. The van der Waals surface area contributed by atoms with E-state index >= 15 is 0 Å². The molecule has 4 nitrogen and oxygen atoms in total. The van der Waals surface area contributed by atoms with E-state index in [1.807, 2.05) is 29.2 Å². The molecular weight excluding hydrogens is 190 g/mol.